The first-order valence-electron chi connectivity index (χ1n) is 16.2. The predicted molar refractivity (Wildman–Crippen MR) is 168 cm³/mol. The van der Waals surface area contributed by atoms with Crippen LogP contribution in [0.25, 0.3) is 0 Å². The molecule has 0 aliphatic rings. The third-order valence-corrected chi connectivity index (χ3v) is 6.63. The van der Waals surface area contributed by atoms with Crippen molar-refractivity contribution in [2.75, 3.05) is 13.2 Å². The number of unbranched alkanes of at least 4 members (excludes halogenated alkanes) is 12. The van der Waals surface area contributed by atoms with Crippen molar-refractivity contribution in [3.8, 4) is 0 Å². The zero-order valence-corrected chi connectivity index (χ0v) is 25.8. The molecule has 0 aromatic heterocycles. The fourth-order valence-electron chi connectivity index (χ4n) is 4.13. The number of hydrogen-bond acceptors (Lipinski definition) is 5. The van der Waals surface area contributed by atoms with Gasteiger partial charge in [0.05, 0.1) is 6.61 Å². The molecule has 0 rings (SSSR count). The van der Waals surface area contributed by atoms with E-state index in [-0.39, 0.29) is 31.6 Å². The molecule has 230 valence electrons. The van der Waals surface area contributed by atoms with Gasteiger partial charge < -0.3 is 14.6 Å². The van der Waals surface area contributed by atoms with Crippen molar-refractivity contribution >= 4 is 11.9 Å². The van der Waals surface area contributed by atoms with E-state index in [9.17, 15) is 14.7 Å². The third kappa shape index (κ3) is 28.9. The summed E-state index contributed by atoms with van der Waals surface area (Å²) in [6, 6.07) is 0. The highest BCUT2D eigenvalue weighted by Crippen LogP contribution is 2.11. The van der Waals surface area contributed by atoms with Crippen LogP contribution in [0.3, 0.4) is 0 Å². The molecule has 0 radical (unpaired) electrons. The summed E-state index contributed by atoms with van der Waals surface area (Å²) in [6.07, 6.45) is 37.4. The molecule has 40 heavy (non-hydrogen) atoms. The lowest BCUT2D eigenvalue weighted by Crippen LogP contribution is -2.28. The van der Waals surface area contributed by atoms with E-state index in [1.54, 1.807) is 0 Å². The fraction of sp³-hybridized carbons (Fsp3) is 0.714. The first-order chi connectivity index (χ1) is 19.6. The summed E-state index contributed by atoms with van der Waals surface area (Å²) in [5.41, 5.74) is 0. The van der Waals surface area contributed by atoms with E-state index in [1.807, 2.05) is 0 Å². The van der Waals surface area contributed by atoms with Gasteiger partial charge in [-0.2, -0.15) is 0 Å². The van der Waals surface area contributed by atoms with E-state index in [1.165, 1.54) is 64.2 Å². The summed E-state index contributed by atoms with van der Waals surface area (Å²) in [5, 5.41) is 9.47. The second kappa shape index (κ2) is 31.4. The lowest BCUT2D eigenvalue weighted by molar-refractivity contribution is -0.161. The van der Waals surface area contributed by atoms with Gasteiger partial charge in [0.1, 0.15) is 6.61 Å². The molecule has 0 bridgehead atoms. The predicted octanol–water partition coefficient (Wildman–Crippen LogP) is 9.50. The Hall–Kier alpha value is -2.14. The number of carbonyl (C=O) groups is 2. The van der Waals surface area contributed by atoms with Gasteiger partial charge in [-0.15, -0.1) is 0 Å². The standard InChI is InChI=1S/C35H60O5/c1-3-5-7-9-11-13-14-15-16-17-18-19-20-22-24-26-28-30-35(38)40-33(31-36)32-39-34(37)29-27-25-23-21-12-10-8-6-4-2/h11,13,15-16,18-19,22,24,33,36H,3-10,12,14,17,20-21,23,25-32H2,1-2H3/b13-11+,16-15+,19-18+,24-22+/t33-/m0/s1. The summed E-state index contributed by atoms with van der Waals surface area (Å²) in [5.74, 6) is -0.664. The molecule has 1 N–H and O–H groups in total. The molecule has 0 fully saturated rings. The summed E-state index contributed by atoms with van der Waals surface area (Å²) in [4.78, 5) is 24.0. The highest BCUT2D eigenvalue weighted by Gasteiger charge is 2.15. The van der Waals surface area contributed by atoms with Crippen LogP contribution in [0.2, 0.25) is 0 Å². The van der Waals surface area contributed by atoms with Crippen molar-refractivity contribution in [2.45, 2.75) is 148 Å². The molecule has 0 saturated heterocycles. The topological polar surface area (TPSA) is 72.8 Å². The number of allylic oxidation sites excluding steroid dienone is 8. The number of aliphatic hydroxyl groups excluding tert-OH is 1. The van der Waals surface area contributed by atoms with Crippen LogP contribution in [0.15, 0.2) is 48.6 Å². The Morgan fingerprint density at radius 2 is 1.02 bits per heavy atom. The van der Waals surface area contributed by atoms with E-state index in [2.05, 4.69) is 62.5 Å². The summed E-state index contributed by atoms with van der Waals surface area (Å²) < 4.78 is 10.5. The molecule has 0 heterocycles. The van der Waals surface area contributed by atoms with E-state index >= 15 is 0 Å². The molecular formula is C35H60O5. The smallest absolute Gasteiger partial charge is 0.306 e. The first kappa shape index (κ1) is 37.9. The van der Waals surface area contributed by atoms with Gasteiger partial charge in [0, 0.05) is 12.8 Å². The number of ether oxygens (including phenoxy) is 2. The quantitative estimate of drug-likeness (QED) is 0.0586. The molecule has 0 saturated carbocycles. The zero-order chi connectivity index (χ0) is 29.4. The average molecular weight is 561 g/mol. The van der Waals surface area contributed by atoms with Crippen molar-refractivity contribution < 1.29 is 24.2 Å². The third-order valence-electron chi connectivity index (χ3n) is 6.63. The Balaban J connectivity index is 3.73. The molecule has 5 heteroatoms. The van der Waals surface area contributed by atoms with Gasteiger partial charge in [0.25, 0.3) is 0 Å². The highest BCUT2D eigenvalue weighted by molar-refractivity contribution is 5.70. The summed E-state index contributed by atoms with van der Waals surface area (Å²) in [6.45, 7) is 4.01. The largest absolute Gasteiger partial charge is 0.462 e. The maximum Gasteiger partial charge on any atom is 0.306 e. The molecule has 1 atom stereocenters. The van der Waals surface area contributed by atoms with Crippen molar-refractivity contribution in [1.82, 2.24) is 0 Å². The van der Waals surface area contributed by atoms with Gasteiger partial charge in [0.2, 0.25) is 0 Å². The van der Waals surface area contributed by atoms with Crippen molar-refractivity contribution in [3.63, 3.8) is 0 Å². The summed E-state index contributed by atoms with van der Waals surface area (Å²) >= 11 is 0. The fourth-order valence-corrected chi connectivity index (χ4v) is 4.13. The van der Waals surface area contributed by atoms with E-state index < -0.39 is 6.10 Å². The first-order valence-corrected chi connectivity index (χ1v) is 16.2. The van der Waals surface area contributed by atoms with Crippen molar-refractivity contribution in [2.24, 2.45) is 0 Å². The number of rotatable bonds is 28. The number of carbonyl (C=O) groups excluding carboxylic acids is 2. The Labute approximate surface area is 246 Å². The molecule has 0 aromatic rings. The summed E-state index contributed by atoms with van der Waals surface area (Å²) in [7, 11) is 0. The second-order valence-corrected chi connectivity index (χ2v) is 10.5. The average Bonchev–Trinajstić information content (AvgIpc) is 2.96. The van der Waals surface area contributed by atoms with Gasteiger partial charge >= 0.3 is 11.9 Å². The lowest BCUT2D eigenvalue weighted by atomic mass is 10.1. The van der Waals surface area contributed by atoms with E-state index in [0.29, 0.717) is 12.8 Å². The maximum absolute atomic E-state index is 12.1. The Kier molecular flexibility index (Phi) is 29.7. The van der Waals surface area contributed by atoms with E-state index in [4.69, 9.17) is 9.47 Å². The van der Waals surface area contributed by atoms with Crippen LogP contribution in [0.4, 0.5) is 0 Å². The SMILES string of the molecule is CCCCC/C=C/C/C=C/C/C=C/C/C=C/CCCC(=O)O[C@@H](CO)COC(=O)CCCCCCCCCCC. The van der Waals surface area contributed by atoms with Crippen LogP contribution >= 0.6 is 0 Å². The van der Waals surface area contributed by atoms with Gasteiger partial charge in [-0.1, -0.05) is 127 Å². The molecule has 0 aliphatic heterocycles. The van der Waals surface area contributed by atoms with Gasteiger partial charge in [-0.05, 0) is 51.4 Å². The minimum absolute atomic E-state index is 0.0876. The highest BCUT2D eigenvalue weighted by atomic mass is 16.6. The molecule has 0 aromatic carbocycles. The van der Waals surface area contributed by atoms with Gasteiger partial charge in [0.15, 0.2) is 6.10 Å². The van der Waals surface area contributed by atoms with Crippen LogP contribution in [-0.2, 0) is 19.1 Å². The molecule has 0 aliphatic carbocycles. The van der Waals surface area contributed by atoms with Crippen LogP contribution < -0.4 is 0 Å². The Bertz CT molecular complexity index is 692. The minimum Gasteiger partial charge on any atom is -0.462 e. The molecule has 0 amide bonds. The van der Waals surface area contributed by atoms with Crippen LogP contribution in [0, 0.1) is 0 Å². The number of hydrogen-bond donors (Lipinski definition) is 1. The number of aliphatic hydroxyl groups is 1. The van der Waals surface area contributed by atoms with Crippen LogP contribution in [-0.4, -0.2) is 36.4 Å². The monoisotopic (exact) mass is 560 g/mol. The van der Waals surface area contributed by atoms with Crippen LogP contribution in [0.5, 0.6) is 0 Å². The van der Waals surface area contributed by atoms with E-state index in [0.717, 1.165) is 44.9 Å². The zero-order valence-electron chi connectivity index (χ0n) is 25.8. The minimum atomic E-state index is -0.795. The number of esters is 2. The molecule has 0 spiro atoms. The van der Waals surface area contributed by atoms with Crippen LogP contribution in [0.1, 0.15) is 142 Å². The Morgan fingerprint density at radius 3 is 1.57 bits per heavy atom. The Morgan fingerprint density at radius 1 is 0.575 bits per heavy atom. The maximum atomic E-state index is 12.1. The normalized spacial score (nSPS) is 12.8. The van der Waals surface area contributed by atoms with Crippen molar-refractivity contribution in [3.05, 3.63) is 48.6 Å². The van der Waals surface area contributed by atoms with Gasteiger partial charge in [-0.3, -0.25) is 9.59 Å². The molecule has 5 nitrogen and oxygen atoms in total. The lowest BCUT2D eigenvalue weighted by Gasteiger charge is -2.15. The van der Waals surface area contributed by atoms with Crippen molar-refractivity contribution in [1.29, 1.82) is 0 Å². The van der Waals surface area contributed by atoms with Gasteiger partial charge in [-0.25, -0.2) is 0 Å². The molecular weight excluding hydrogens is 500 g/mol. The second-order valence-electron chi connectivity index (χ2n) is 10.5. The molecule has 0 unspecified atom stereocenters.